The van der Waals surface area contributed by atoms with E-state index in [2.05, 4.69) is 68.6 Å². The topological polar surface area (TPSA) is 12.0 Å². The predicted octanol–water partition coefficient (Wildman–Crippen LogP) is 4.55. The molecule has 22 heavy (non-hydrogen) atoms. The lowest BCUT2D eigenvalue weighted by molar-refractivity contribution is 0.392. The molecule has 0 spiro atoms. The first-order chi connectivity index (χ1) is 10.7. The van der Waals surface area contributed by atoms with Crippen molar-refractivity contribution >= 4 is 0 Å². The summed E-state index contributed by atoms with van der Waals surface area (Å²) in [6.45, 7) is 7.75. The molecule has 0 amide bonds. The highest BCUT2D eigenvalue weighted by Crippen LogP contribution is 2.36. The van der Waals surface area contributed by atoms with E-state index in [9.17, 15) is 0 Å². The minimum absolute atomic E-state index is 0.588. The summed E-state index contributed by atoms with van der Waals surface area (Å²) in [6, 6.07) is 16.4. The highest BCUT2D eigenvalue weighted by molar-refractivity contribution is 5.42. The Bertz CT molecular complexity index is 630. The molecule has 116 valence electrons. The van der Waals surface area contributed by atoms with Crippen molar-refractivity contribution in [1.29, 1.82) is 0 Å². The zero-order valence-electron chi connectivity index (χ0n) is 14.0. The summed E-state index contributed by atoms with van der Waals surface area (Å²) in [6.07, 6.45) is 3.59. The third-order valence-electron chi connectivity index (χ3n) is 5.13. The predicted molar refractivity (Wildman–Crippen MR) is 94.6 cm³/mol. The quantitative estimate of drug-likeness (QED) is 0.871. The van der Waals surface area contributed by atoms with Crippen LogP contribution in [0.2, 0.25) is 0 Å². The van der Waals surface area contributed by atoms with Crippen molar-refractivity contribution in [1.82, 2.24) is 5.32 Å². The van der Waals surface area contributed by atoms with Gasteiger partial charge in [0.1, 0.15) is 0 Å². The lowest BCUT2D eigenvalue weighted by Crippen LogP contribution is -2.39. The maximum Gasteiger partial charge on any atom is 0.0142 e. The van der Waals surface area contributed by atoms with Gasteiger partial charge in [-0.25, -0.2) is 0 Å². The maximum atomic E-state index is 3.73. The second kappa shape index (κ2) is 6.66. The summed E-state index contributed by atoms with van der Waals surface area (Å²) in [5.74, 6) is 0.588. The highest BCUT2D eigenvalue weighted by atomic mass is 14.9. The summed E-state index contributed by atoms with van der Waals surface area (Å²) in [7, 11) is 0. The van der Waals surface area contributed by atoms with Crippen LogP contribution in [0.15, 0.2) is 42.5 Å². The Morgan fingerprint density at radius 2 is 1.77 bits per heavy atom. The molecule has 0 radical (unpaired) electrons. The fraction of sp³-hybridized carbons (Fsp3) is 0.429. The van der Waals surface area contributed by atoms with E-state index in [1.807, 2.05) is 0 Å². The summed E-state index contributed by atoms with van der Waals surface area (Å²) >= 11 is 0. The second-order valence-electron chi connectivity index (χ2n) is 6.63. The van der Waals surface area contributed by atoms with Crippen LogP contribution >= 0.6 is 0 Å². The summed E-state index contributed by atoms with van der Waals surface area (Å²) in [5.41, 5.74) is 7.44. The first-order valence-electron chi connectivity index (χ1n) is 8.56. The lowest BCUT2D eigenvalue weighted by Gasteiger charge is -2.35. The number of fused-ring (bicyclic) bond motifs is 1. The van der Waals surface area contributed by atoms with Crippen molar-refractivity contribution < 1.29 is 0 Å². The molecule has 2 atom stereocenters. The molecule has 0 fully saturated rings. The average molecular weight is 293 g/mol. The first kappa shape index (κ1) is 15.3. The molecule has 1 nitrogen and oxygen atoms in total. The molecular weight excluding hydrogens is 266 g/mol. The molecule has 0 heterocycles. The number of benzene rings is 2. The van der Waals surface area contributed by atoms with E-state index >= 15 is 0 Å². The molecule has 2 unspecified atom stereocenters. The molecule has 1 heteroatoms. The Balaban J connectivity index is 1.97. The van der Waals surface area contributed by atoms with Crippen molar-refractivity contribution in [2.24, 2.45) is 0 Å². The van der Waals surface area contributed by atoms with Gasteiger partial charge in [-0.3, -0.25) is 0 Å². The molecule has 1 N–H and O–H groups in total. The van der Waals surface area contributed by atoms with E-state index in [1.165, 1.54) is 29.5 Å². The number of hydrogen-bond donors (Lipinski definition) is 1. The standard InChI is InChI=1S/C21H27N/c1-4-22-21-11-10-18-12-15(2)16(3)13-19(18)20(21)14-17-8-6-5-7-9-17/h5-9,12-13,20-22H,4,10-11,14H2,1-3H3. The van der Waals surface area contributed by atoms with Gasteiger partial charge in [0.25, 0.3) is 0 Å². The van der Waals surface area contributed by atoms with Crippen LogP contribution in [0, 0.1) is 13.8 Å². The van der Waals surface area contributed by atoms with Gasteiger partial charge in [-0.05, 0) is 67.5 Å². The van der Waals surface area contributed by atoms with Crippen LogP contribution in [-0.4, -0.2) is 12.6 Å². The second-order valence-corrected chi connectivity index (χ2v) is 6.63. The van der Waals surface area contributed by atoms with Gasteiger partial charge in [-0.15, -0.1) is 0 Å². The third kappa shape index (κ3) is 3.10. The SMILES string of the molecule is CCNC1CCc2cc(C)c(C)cc2C1Cc1ccccc1. The van der Waals surface area contributed by atoms with E-state index in [0.29, 0.717) is 12.0 Å². The van der Waals surface area contributed by atoms with E-state index in [0.717, 1.165) is 13.0 Å². The third-order valence-corrected chi connectivity index (χ3v) is 5.13. The lowest BCUT2D eigenvalue weighted by atomic mass is 9.75. The maximum absolute atomic E-state index is 3.73. The number of likely N-dealkylation sites (N-methyl/N-ethyl adjacent to an activating group) is 1. The molecular formula is C21H27N. The molecule has 2 aromatic rings. The minimum Gasteiger partial charge on any atom is -0.314 e. The molecule has 1 aliphatic rings. The van der Waals surface area contributed by atoms with Crippen LogP contribution in [0.3, 0.4) is 0 Å². The van der Waals surface area contributed by atoms with Crippen molar-refractivity contribution in [3.05, 3.63) is 70.3 Å². The number of aryl methyl sites for hydroxylation is 3. The normalized spacial score (nSPS) is 20.7. The van der Waals surface area contributed by atoms with Crippen LogP contribution in [0.1, 0.15) is 47.1 Å². The Labute approximate surface area is 134 Å². The van der Waals surface area contributed by atoms with Gasteiger partial charge in [-0.2, -0.15) is 0 Å². The number of rotatable bonds is 4. The smallest absolute Gasteiger partial charge is 0.0142 e. The van der Waals surface area contributed by atoms with Gasteiger partial charge in [-0.1, -0.05) is 49.4 Å². The molecule has 0 aromatic heterocycles. The van der Waals surface area contributed by atoms with Crippen LogP contribution in [-0.2, 0) is 12.8 Å². The number of nitrogens with one attached hydrogen (secondary N) is 1. The van der Waals surface area contributed by atoms with Crippen LogP contribution < -0.4 is 5.32 Å². The van der Waals surface area contributed by atoms with Crippen molar-refractivity contribution in [2.75, 3.05) is 6.54 Å². The van der Waals surface area contributed by atoms with Gasteiger partial charge < -0.3 is 5.32 Å². The summed E-state index contributed by atoms with van der Waals surface area (Å²) < 4.78 is 0. The molecule has 2 aromatic carbocycles. The molecule has 1 aliphatic carbocycles. The van der Waals surface area contributed by atoms with Crippen molar-refractivity contribution in [2.45, 2.75) is 52.0 Å². The van der Waals surface area contributed by atoms with Crippen molar-refractivity contribution in [3.63, 3.8) is 0 Å². The van der Waals surface area contributed by atoms with Crippen molar-refractivity contribution in [3.8, 4) is 0 Å². The fourth-order valence-electron chi connectivity index (χ4n) is 3.82. The van der Waals surface area contributed by atoms with E-state index in [4.69, 9.17) is 0 Å². The van der Waals surface area contributed by atoms with Gasteiger partial charge in [0, 0.05) is 12.0 Å². The number of hydrogen-bond acceptors (Lipinski definition) is 1. The molecule has 0 bridgehead atoms. The van der Waals surface area contributed by atoms with Crippen LogP contribution in [0.4, 0.5) is 0 Å². The molecule has 0 saturated carbocycles. The summed E-state index contributed by atoms with van der Waals surface area (Å²) in [4.78, 5) is 0. The Morgan fingerprint density at radius 3 is 2.50 bits per heavy atom. The Hall–Kier alpha value is -1.60. The molecule has 0 saturated heterocycles. The fourth-order valence-corrected chi connectivity index (χ4v) is 3.82. The van der Waals surface area contributed by atoms with Crippen LogP contribution in [0.25, 0.3) is 0 Å². The zero-order chi connectivity index (χ0) is 15.5. The largest absolute Gasteiger partial charge is 0.314 e. The van der Waals surface area contributed by atoms with E-state index in [1.54, 1.807) is 11.1 Å². The highest BCUT2D eigenvalue weighted by Gasteiger charge is 2.29. The van der Waals surface area contributed by atoms with E-state index in [-0.39, 0.29) is 0 Å². The van der Waals surface area contributed by atoms with Gasteiger partial charge in [0.15, 0.2) is 0 Å². The van der Waals surface area contributed by atoms with E-state index < -0.39 is 0 Å². The van der Waals surface area contributed by atoms with Gasteiger partial charge in [0.05, 0.1) is 0 Å². The zero-order valence-corrected chi connectivity index (χ0v) is 14.0. The molecule has 0 aliphatic heterocycles. The molecule has 3 rings (SSSR count). The van der Waals surface area contributed by atoms with Gasteiger partial charge in [0.2, 0.25) is 0 Å². The summed E-state index contributed by atoms with van der Waals surface area (Å²) in [5, 5.41) is 3.73. The first-order valence-corrected chi connectivity index (χ1v) is 8.56. The Kier molecular flexibility index (Phi) is 4.63. The monoisotopic (exact) mass is 293 g/mol. The average Bonchev–Trinajstić information content (AvgIpc) is 2.53. The Morgan fingerprint density at radius 1 is 1.05 bits per heavy atom. The minimum atomic E-state index is 0.588. The van der Waals surface area contributed by atoms with Crippen LogP contribution in [0.5, 0.6) is 0 Å². The van der Waals surface area contributed by atoms with Gasteiger partial charge >= 0.3 is 0 Å².